The highest BCUT2D eigenvalue weighted by molar-refractivity contribution is 5.06. The summed E-state index contributed by atoms with van der Waals surface area (Å²) in [4.78, 5) is 4.98. The molecular formula is C17H31N3O. The smallest absolute Gasteiger partial charge is 0.118 e. The van der Waals surface area contributed by atoms with Crippen LogP contribution >= 0.6 is 0 Å². The molecule has 0 aromatic carbocycles. The van der Waals surface area contributed by atoms with Gasteiger partial charge in [0, 0.05) is 24.7 Å². The Morgan fingerprint density at radius 3 is 2.67 bits per heavy atom. The molecule has 120 valence electrons. The summed E-state index contributed by atoms with van der Waals surface area (Å²) in [5.41, 5.74) is 6.30. The van der Waals surface area contributed by atoms with Crippen molar-refractivity contribution in [3.05, 3.63) is 23.7 Å². The van der Waals surface area contributed by atoms with Gasteiger partial charge in [0.15, 0.2) is 0 Å². The largest absolute Gasteiger partial charge is 0.465 e. The van der Waals surface area contributed by atoms with E-state index in [0.29, 0.717) is 6.04 Å². The zero-order valence-corrected chi connectivity index (χ0v) is 14.1. The fourth-order valence-corrected chi connectivity index (χ4v) is 3.43. The molecule has 2 heterocycles. The molecule has 1 atom stereocenters. The lowest BCUT2D eigenvalue weighted by atomic mass is 9.88. The van der Waals surface area contributed by atoms with Crippen LogP contribution in [0.25, 0.3) is 0 Å². The predicted molar refractivity (Wildman–Crippen MR) is 87.3 cm³/mol. The molecule has 1 aliphatic rings. The number of hydrogen-bond acceptors (Lipinski definition) is 4. The molecule has 1 saturated heterocycles. The molecule has 1 aromatic heterocycles. The molecule has 1 unspecified atom stereocenters. The van der Waals surface area contributed by atoms with Crippen LogP contribution in [-0.2, 0) is 6.54 Å². The van der Waals surface area contributed by atoms with Gasteiger partial charge in [-0.2, -0.15) is 0 Å². The molecular weight excluding hydrogens is 262 g/mol. The standard InChI is InChI=1S/C17H31N3O/c1-14(2)20-10-5-8-17(13-18,9-11-20)19(4)12-16-7-6-15(3)21-16/h6-7,14H,5,8-13,18H2,1-4H3. The van der Waals surface area contributed by atoms with Gasteiger partial charge in [-0.1, -0.05) is 0 Å². The lowest BCUT2D eigenvalue weighted by Crippen LogP contribution is -2.52. The molecule has 21 heavy (non-hydrogen) atoms. The first-order valence-electron chi connectivity index (χ1n) is 8.17. The Morgan fingerprint density at radius 1 is 1.33 bits per heavy atom. The van der Waals surface area contributed by atoms with Gasteiger partial charge in [0.1, 0.15) is 11.5 Å². The van der Waals surface area contributed by atoms with Crippen LogP contribution in [0.3, 0.4) is 0 Å². The highest BCUT2D eigenvalue weighted by Crippen LogP contribution is 2.29. The molecule has 2 rings (SSSR count). The lowest BCUT2D eigenvalue weighted by molar-refractivity contribution is 0.0900. The molecule has 0 radical (unpaired) electrons. The van der Waals surface area contributed by atoms with Crippen LogP contribution in [0.15, 0.2) is 16.5 Å². The summed E-state index contributed by atoms with van der Waals surface area (Å²) in [7, 11) is 2.19. The van der Waals surface area contributed by atoms with Gasteiger partial charge < -0.3 is 15.1 Å². The number of aryl methyl sites for hydroxylation is 1. The summed E-state index contributed by atoms with van der Waals surface area (Å²) in [5.74, 6) is 2.01. The number of likely N-dealkylation sites (tertiary alicyclic amines) is 1. The van der Waals surface area contributed by atoms with Gasteiger partial charge in [-0.05, 0) is 65.8 Å². The Morgan fingerprint density at radius 2 is 2.10 bits per heavy atom. The van der Waals surface area contributed by atoms with Crippen molar-refractivity contribution in [2.45, 2.75) is 58.2 Å². The van der Waals surface area contributed by atoms with Crippen molar-refractivity contribution >= 4 is 0 Å². The van der Waals surface area contributed by atoms with E-state index in [2.05, 4.69) is 36.8 Å². The number of furan rings is 1. The van der Waals surface area contributed by atoms with E-state index in [-0.39, 0.29) is 5.54 Å². The minimum Gasteiger partial charge on any atom is -0.465 e. The van der Waals surface area contributed by atoms with Crippen molar-refractivity contribution in [3.8, 4) is 0 Å². The maximum Gasteiger partial charge on any atom is 0.118 e. The van der Waals surface area contributed by atoms with Crippen LogP contribution < -0.4 is 5.73 Å². The minimum atomic E-state index is 0.102. The van der Waals surface area contributed by atoms with E-state index in [1.165, 1.54) is 19.4 Å². The number of hydrogen-bond donors (Lipinski definition) is 1. The van der Waals surface area contributed by atoms with E-state index in [0.717, 1.165) is 37.6 Å². The summed E-state index contributed by atoms with van der Waals surface area (Å²) in [6, 6.07) is 4.73. The third kappa shape index (κ3) is 3.87. The monoisotopic (exact) mass is 293 g/mol. The SMILES string of the molecule is Cc1ccc(CN(C)C2(CN)CCCN(C(C)C)CC2)o1. The number of rotatable bonds is 5. The average molecular weight is 293 g/mol. The van der Waals surface area contributed by atoms with E-state index >= 15 is 0 Å². The molecule has 1 aliphatic heterocycles. The first-order chi connectivity index (χ1) is 9.97. The Hall–Kier alpha value is -0.840. The van der Waals surface area contributed by atoms with Gasteiger partial charge in [0.05, 0.1) is 6.54 Å². The lowest BCUT2D eigenvalue weighted by Gasteiger charge is -2.40. The van der Waals surface area contributed by atoms with Crippen LogP contribution in [0.1, 0.15) is 44.6 Å². The van der Waals surface area contributed by atoms with Gasteiger partial charge in [0.25, 0.3) is 0 Å². The fraction of sp³-hybridized carbons (Fsp3) is 0.765. The predicted octanol–water partition coefficient (Wildman–Crippen LogP) is 2.61. The fourth-order valence-electron chi connectivity index (χ4n) is 3.43. The molecule has 4 heteroatoms. The molecule has 4 nitrogen and oxygen atoms in total. The van der Waals surface area contributed by atoms with E-state index < -0.39 is 0 Å². The minimum absolute atomic E-state index is 0.102. The molecule has 0 saturated carbocycles. The number of nitrogens with zero attached hydrogens (tertiary/aromatic N) is 2. The van der Waals surface area contributed by atoms with Crippen LogP contribution in [0.2, 0.25) is 0 Å². The zero-order chi connectivity index (χ0) is 15.5. The topological polar surface area (TPSA) is 45.6 Å². The summed E-state index contributed by atoms with van der Waals surface area (Å²) in [5, 5.41) is 0. The first kappa shape index (κ1) is 16.5. The van der Waals surface area contributed by atoms with Crippen molar-refractivity contribution in [2.75, 3.05) is 26.7 Å². The van der Waals surface area contributed by atoms with Crippen molar-refractivity contribution < 1.29 is 4.42 Å². The Labute approximate surface area is 129 Å². The second kappa shape index (κ2) is 6.95. The third-order valence-corrected chi connectivity index (χ3v) is 5.06. The highest BCUT2D eigenvalue weighted by Gasteiger charge is 2.35. The van der Waals surface area contributed by atoms with Crippen molar-refractivity contribution in [1.29, 1.82) is 0 Å². The van der Waals surface area contributed by atoms with Gasteiger partial charge in [-0.25, -0.2) is 0 Å². The first-order valence-corrected chi connectivity index (χ1v) is 8.17. The van der Waals surface area contributed by atoms with Gasteiger partial charge >= 0.3 is 0 Å². The summed E-state index contributed by atoms with van der Waals surface area (Å²) >= 11 is 0. The molecule has 1 aromatic rings. The van der Waals surface area contributed by atoms with Crippen LogP contribution in [0.5, 0.6) is 0 Å². The second-order valence-corrected chi connectivity index (χ2v) is 6.78. The normalized spacial score (nSPS) is 24.7. The van der Waals surface area contributed by atoms with Crippen molar-refractivity contribution in [2.24, 2.45) is 5.73 Å². The number of likely N-dealkylation sites (N-methyl/N-ethyl adjacent to an activating group) is 1. The Balaban J connectivity index is 2.05. The molecule has 0 spiro atoms. The highest BCUT2D eigenvalue weighted by atomic mass is 16.3. The Bertz CT molecular complexity index is 443. The van der Waals surface area contributed by atoms with Crippen LogP contribution in [-0.4, -0.2) is 48.1 Å². The zero-order valence-electron chi connectivity index (χ0n) is 14.1. The van der Waals surface area contributed by atoms with Crippen LogP contribution in [0.4, 0.5) is 0 Å². The van der Waals surface area contributed by atoms with Crippen molar-refractivity contribution in [3.63, 3.8) is 0 Å². The van der Waals surface area contributed by atoms with E-state index in [1.54, 1.807) is 0 Å². The maximum atomic E-state index is 6.20. The summed E-state index contributed by atoms with van der Waals surface area (Å²) < 4.78 is 5.73. The van der Waals surface area contributed by atoms with Crippen molar-refractivity contribution in [1.82, 2.24) is 9.80 Å². The average Bonchev–Trinajstić information content (AvgIpc) is 2.74. The molecule has 0 amide bonds. The summed E-state index contributed by atoms with van der Waals surface area (Å²) in [6.07, 6.45) is 3.53. The number of nitrogens with two attached hydrogens (primary N) is 1. The van der Waals surface area contributed by atoms with Crippen LogP contribution in [0, 0.1) is 6.92 Å². The van der Waals surface area contributed by atoms with Gasteiger partial charge in [-0.15, -0.1) is 0 Å². The van der Waals surface area contributed by atoms with E-state index in [4.69, 9.17) is 10.2 Å². The molecule has 2 N–H and O–H groups in total. The summed E-state index contributed by atoms with van der Waals surface area (Å²) in [6.45, 7) is 10.4. The van der Waals surface area contributed by atoms with Gasteiger partial charge in [0.2, 0.25) is 0 Å². The molecule has 0 aliphatic carbocycles. The Kier molecular flexibility index (Phi) is 5.47. The quantitative estimate of drug-likeness (QED) is 0.906. The second-order valence-electron chi connectivity index (χ2n) is 6.78. The maximum absolute atomic E-state index is 6.20. The molecule has 0 bridgehead atoms. The van der Waals surface area contributed by atoms with E-state index in [9.17, 15) is 0 Å². The van der Waals surface area contributed by atoms with Gasteiger partial charge in [-0.3, -0.25) is 4.90 Å². The molecule has 1 fully saturated rings. The van der Waals surface area contributed by atoms with E-state index in [1.807, 2.05) is 13.0 Å². The third-order valence-electron chi connectivity index (χ3n) is 5.06.